The molecule has 10 nitrogen and oxygen atoms in total. The highest BCUT2D eigenvalue weighted by molar-refractivity contribution is 7.09. The van der Waals surface area contributed by atoms with E-state index in [1.54, 1.807) is 54.7 Å². The number of methoxy groups -OCH3 is 1. The van der Waals surface area contributed by atoms with Gasteiger partial charge < -0.3 is 28.8 Å². The minimum atomic E-state index is -1.23. The fraction of sp³-hybridized carbons (Fsp3) is 0.355. The van der Waals surface area contributed by atoms with E-state index in [-0.39, 0.29) is 35.9 Å². The Hall–Kier alpha value is -4.22. The lowest BCUT2D eigenvalue weighted by Crippen LogP contribution is -2.41. The molecule has 42 heavy (non-hydrogen) atoms. The van der Waals surface area contributed by atoms with Crippen molar-refractivity contribution < 1.29 is 43.2 Å². The van der Waals surface area contributed by atoms with Crippen molar-refractivity contribution in [3.63, 3.8) is 0 Å². The second-order valence-electron chi connectivity index (χ2n) is 10.0. The van der Waals surface area contributed by atoms with Crippen molar-refractivity contribution in [3.05, 3.63) is 81.8 Å². The maximum Gasteiger partial charge on any atom is 0.348 e. The highest BCUT2D eigenvalue weighted by Crippen LogP contribution is 2.31. The molecule has 0 amide bonds. The van der Waals surface area contributed by atoms with E-state index in [2.05, 4.69) is 4.98 Å². The van der Waals surface area contributed by atoms with E-state index >= 15 is 0 Å². The van der Waals surface area contributed by atoms with Crippen molar-refractivity contribution in [3.8, 4) is 11.5 Å². The molecule has 0 saturated carbocycles. The van der Waals surface area contributed by atoms with Crippen LogP contribution < -0.4 is 4.74 Å². The third kappa shape index (κ3) is 8.64. The number of aromatic hydroxyl groups is 1. The molecule has 2 saturated heterocycles. The van der Waals surface area contributed by atoms with E-state index in [0.717, 1.165) is 36.4 Å². The van der Waals surface area contributed by atoms with Crippen molar-refractivity contribution in [2.75, 3.05) is 13.7 Å². The molecule has 2 unspecified atom stereocenters. The number of benzene rings is 2. The van der Waals surface area contributed by atoms with Gasteiger partial charge in [-0.15, -0.1) is 11.3 Å². The molecule has 0 spiro atoms. The van der Waals surface area contributed by atoms with Gasteiger partial charge >= 0.3 is 17.9 Å². The number of hydrogen-bond acceptors (Lipinski definition) is 11. The summed E-state index contributed by atoms with van der Waals surface area (Å²) < 4.78 is 26.1. The monoisotopic (exact) mass is 595 g/mol. The SMILES string of the molecule is CC1(C)OC(=O)C(=Cc2ccc(OC3CCCCO3)cc2)C(=O)O1.COC(=O)CC(c1ccc(O)cc1)c1nccs1. The summed E-state index contributed by atoms with van der Waals surface area (Å²) in [4.78, 5) is 39.6. The number of thiazole rings is 1. The molecule has 2 atom stereocenters. The predicted molar refractivity (Wildman–Crippen MR) is 154 cm³/mol. The number of esters is 3. The molecule has 5 rings (SSSR count). The molecule has 2 aromatic carbocycles. The lowest BCUT2D eigenvalue weighted by atomic mass is 9.96. The zero-order chi connectivity index (χ0) is 30.1. The Morgan fingerprint density at radius 3 is 2.36 bits per heavy atom. The second kappa shape index (κ2) is 14.1. The molecule has 11 heteroatoms. The lowest BCUT2D eigenvalue weighted by Gasteiger charge is -2.29. The van der Waals surface area contributed by atoms with Crippen LogP contribution in [0.15, 0.2) is 65.7 Å². The van der Waals surface area contributed by atoms with E-state index in [4.69, 9.17) is 23.7 Å². The van der Waals surface area contributed by atoms with Crippen LogP contribution in [0, 0.1) is 0 Å². The van der Waals surface area contributed by atoms with Crippen LogP contribution in [-0.4, -0.2) is 53.8 Å². The number of ether oxygens (including phenoxy) is 5. The van der Waals surface area contributed by atoms with Crippen LogP contribution in [0.25, 0.3) is 6.08 Å². The first-order valence-corrected chi connectivity index (χ1v) is 14.3. The summed E-state index contributed by atoms with van der Waals surface area (Å²) in [6.07, 6.45) is 6.22. The van der Waals surface area contributed by atoms with Crippen LogP contribution in [-0.2, 0) is 33.3 Å². The fourth-order valence-corrected chi connectivity index (χ4v) is 5.02. The summed E-state index contributed by atoms with van der Waals surface area (Å²) in [7, 11) is 1.37. The van der Waals surface area contributed by atoms with Crippen molar-refractivity contribution in [1.82, 2.24) is 4.98 Å². The van der Waals surface area contributed by atoms with Gasteiger partial charge in [0.2, 0.25) is 0 Å². The zero-order valence-corrected chi connectivity index (χ0v) is 24.4. The van der Waals surface area contributed by atoms with Gasteiger partial charge in [0.1, 0.15) is 22.1 Å². The van der Waals surface area contributed by atoms with Gasteiger partial charge in [-0.2, -0.15) is 0 Å². The molecular weight excluding hydrogens is 562 g/mol. The Bertz CT molecular complexity index is 1350. The summed E-state index contributed by atoms with van der Waals surface area (Å²) in [6, 6.07) is 13.9. The maximum absolute atomic E-state index is 11.9. The van der Waals surface area contributed by atoms with Crippen LogP contribution in [0.2, 0.25) is 0 Å². The smallest absolute Gasteiger partial charge is 0.348 e. The van der Waals surface area contributed by atoms with Gasteiger partial charge in [-0.3, -0.25) is 4.79 Å². The summed E-state index contributed by atoms with van der Waals surface area (Å²) in [6.45, 7) is 3.74. The summed E-state index contributed by atoms with van der Waals surface area (Å²) >= 11 is 1.50. The molecule has 0 aliphatic carbocycles. The molecule has 3 heterocycles. The van der Waals surface area contributed by atoms with E-state index in [1.165, 1.54) is 38.4 Å². The van der Waals surface area contributed by atoms with Gasteiger partial charge in [-0.25, -0.2) is 14.6 Å². The molecular formula is C31H33NO9S. The van der Waals surface area contributed by atoms with Crippen LogP contribution >= 0.6 is 11.3 Å². The Balaban J connectivity index is 0.000000201. The normalized spacial score (nSPS) is 18.5. The highest BCUT2D eigenvalue weighted by Gasteiger charge is 2.38. The Kier molecular flexibility index (Phi) is 10.3. The molecule has 0 radical (unpaired) electrons. The first kappa shape index (κ1) is 30.7. The number of phenolic OH excluding ortho intramolecular Hbond substituents is 1. The Morgan fingerprint density at radius 1 is 1.10 bits per heavy atom. The minimum Gasteiger partial charge on any atom is -0.508 e. The van der Waals surface area contributed by atoms with Crippen LogP contribution in [0.5, 0.6) is 11.5 Å². The Morgan fingerprint density at radius 2 is 1.79 bits per heavy atom. The summed E-state index contributed by atoms with van der Waals surface area (Å²) in [5.41, 5.74) is 1.49. The van der Waals surface area contributed by atoms with Crippen molar-refractivity contribution in [2.24, 2.45) is 0 Å². The number of carbonyl (C=O) groups is 3. The molecule has 2 aliphatic rings. The zero-order valence-electron chi connectivity index (χ0n) is 23.6. The quantitative estimate of drug-likeness (QED) is 0.217. The highest BCUT2D eigenvalue weighted by atomic mass is 32.1. The number of rotatable bonds is 7. The van der Waals surface area contributed by atoms with E-state index in [0.29, 0.717) is 11.3 Å². The van der Waals surface area contributed by atoms with Crippen molar-refractivity contribution >= 4 is 35.3 Å². The molecule has 1 aromatic heterocycles. The molecule has 2 fully saturated rings. The number of phenols is 1. The summed E-state index contributed by atoms with van der Waals surface area (Å²) in [5.74, 6) is -2.13. The largest absolute Gasteiger partial charge is 0.508 e. The van der Waals surface area contributed by atoms with Gasteiger partial charge in [0.25, 0.3) is 5.79 Å². The van der Waals surface area contributed by atoms with Gasteiger partial charge in [-0.1, -0.05) is 24.3 Å². The number of carbonyl (C=O) groups excluding carboxylic acids is 3. The summed E-state index contributed by atoms with van der Waals surface area (Å²) in [5, 5.41) is 12.0. The average Bonchev–Trinajstić information content (AvgIpc) is 3.50. The van der Waals surface area contributed by atoms with Crippen molar-refractivity contribution in [2.45, 2.75) is 57.5 Å². The van der Waals surface area contributed by atoms with Gasteiger partial charge in [0.15, 0.2) is 6.29 Å². The lowest BCUT2D eigenvalue weighted by molar-refractivity contribution is -0.222. The third-order valence-corrected chi connectivity index (χ3v) is 7.25. The van der Waals surface area contributed by atoms with Crippen LogP contribution in [0.4, 0.5) is 0 Å². The van der Waals surface area contributed by atoms with E-state index in [9.17, 15) is 19.5 Å². The third-order valence-electron chi connectivity index (χ3n) is 6.36. The molecule has 3 aromatic rings. The minimum absolute atomic E-state index is 0.126. The molecule has 0 bridgehead atoms. The number of nitrogens with zero attached hydrogens (tertiary/aromatic N) is 1. The number of aromatic nitrogens is 1. The van der Waals surface area contributed by atoms with E-state index in [1.807, 2.05) is 5.38 Å². The van der Waals surface area contributed by atoms with Crippen LogP contribution in [0.3, 0.4) is 0 Å². The number of hydrogen-bond donors (Lipinski definition) is 1. The molecule has 2 aliphatic heterocycles. The van der Waals surface area contributed by atoms with Gasteiger partial charge in [0.05, 0.1) is 20.1 Å². The standard InChI is InChI=1S/C18H20O6.C13H13NO3S/c1-18(2)23-16(19)14(17(20)24-18)11-12-6-8-13(9-7-12)22-15-5-3-4-10-21-15;1-17-12(16)8-11(13-14-6-7-18-13)9-2-4-10(15)5-3-9/h6-9,11,15H,3-5,10H2,1-2H3;2-7,11,15H,8H2,1H3. The van der Waals surface area contributed by atoms with Gasteiger partial charge in [0, 0.05) is 37.8 Å². The van der Waals surface area contributed by atoms with Gasteiger partial charge in [-0.05, 0) is 54.3 Å². The molecule has 1 N–H and O–H groups in total. The first-order valence-electron chi connectivity index (χ1n) is 13.5. The van der Waals surface area contributed by atoms with Crippen molar-refractivity contribution in [1.29, 1.82) is 0 Å². The molecule has 222 valence electrons. The van der Waals surface area contributed by atoms with E-state index < -0.39 is 17.7 Å². The predicted octanol–water partition coefficient (Wildman–Crippen LogP) is 5.36. The van der Waals surface area contributed by atoms with Crippen LogP contribution in [0.1, 0.15) is 61.6 Å². The number of cyclic esters (lactones) is 2. The topological polar surface area (TPSA) is 130 Å². The average molecular weight is 596 g/mol. The fourth-order valence-electron chi connectivity index (χ4n) is 4.25. The maximum atomic E-state index is 11.9. The Labute approximate surface area is 247 Å². The second-order valence-corrected chi connectivity index (χ2v) is 10.9. The first-order chi connectivity index (χ1) is 20.1.